The fraction of sp³-hybridized carbons (Fsp3) is 0.750. The first-order valence-electron chi connectivity index (χ1n) is 11.0. The van der Waals surface area contributed by atoms with Crippen LogP contribution >= 0.6 is 0 Å². The summed E-state index contributed by atoms with van der Waals surface area (Å²) in [7, 11) is 0. The molecule has 4 amide bonds. The number of rotatable bonds is 17. The predicted molar refractivity (Wildman–Crippen MR) is 119 cm³/mol. The average molecular weight is 475 g/mol. The summed E-state index contributed by atoms with van der Waals surface area (Å²) in [6, 6.07) is -4.79. The summed E-state index contributed by atoms with van der Waals surface area (Å²) in [5.74, 6) is -4.61. The zero-order valence-electron chi connectivity index (χ0n) is 19.2. The minimum atomic E-state index is -1.27. The number of unbranched alkanes of at least 4 members (excludes halogenated alkanes) is 1. The van der Waals surface area contributed by atoms with E-state index in [-0.39, 0.29) is 25.2 Å². The number of carboxylic acid groups (broad SMARTS) is 1. The Morgan fingerprint density at radius 2 is 1.45 bits per heavy atom. The van der Waals surface area contributed by atoms with Gasteiger partial charge in [-0.1, -0.05) is 20.3 Å². The van der Waals surface area contributed by atoms with Crippen molar-refractivity contribution < 1.29 is 34.2 Å². The molecule has 13 heteroatoms. The summed E-state index contributed by atoms with van der Waals surface area (Å²) in [6.07, 6.45) is 1.32. The Labute approximate surface area is 193 Å². The molecule has 0 bridgehead atoms. The van der Waals surface area contributed by atoms with Crippen LogP contribution in [0.15, 0.2) is 0 Å². The van der Waals surface area contributed by atoms with E-state index in [0.29, 0.717) is 25.8 Å². The van der Waals surface area contributed by atoms with Crippen LogP contribution in [0.3, 0.4) is 0 Å². The number of primary amides is 1. The van der Waals surface area contributed by atoms with Gasteiger partial charge in [0.15, 0.2) is 0 Å². The van der Waals surface area contributed by atoms with Gasteiger partial charge in [0.25, 0.3) is 0 Å². The van der Waals surface area contributed by atoms with Crippen LogP contribution in [0.1, 0.15) is 52.4 Å². The lowest BCUT2D eigenvalue weighted by atomic mass is 9.98. The largest absolute Gasteiger partial charge is 0.480 e. The highest BCUT2D eigenvalue weighted by Gasteiger charge is 2.31. The minimum Gasteiger partial charge on any atom is -0.480 e. The van der Waals surface area contributed by atoms with E-state index in [1.54, 1.807) is 13.8 Å². The molecule has 0 saturated heterocycles. The quantitative estimate of drug-likeness (QED) is 0.102. The van der Waals surface area contributed by atoms with E-state index < -0.39 is 60.4 Å². The second kappa shape index (κ2) is 15.9. The fourth-order valence-electron chi connectivity index (χ4n) is 2.89. The lowest BCUT2D eigenvalue weighted by molar-refractivity contribution is -0.144. The molecule has 0 radical (unpaired) electrons. The van der Waals surface area contributed by atoms with Gasteiger partial charge in [-0.05, 0) is 38.1 Å². The Bertz CT molecular complexity index is 675. The predicted octanol–water partition coefficient (Wildman–Crippen LogP) is -2.71. The van der Waals surface area contributed by atoms with Crippen molar-refractivity contribution >= 4 is 29.6 Å². The Balaban J connectivity index is 5.56. The number of nitrogens with two attached hydrogens (primary N) is 3. The molecule has 5 unspecified atom stereocenters. The van der Waals surface area contributed by atoms with E-state index >= 15 is 0 Å². The third-order valence-corrected chi connectivity index (χ3v) is 5.20. The second-order valence-corrected chi connectivity index (χ2v) is 7.91. The summed E-state index contributed by atoms with van der Waals surface area (Å²) >= 11 is 0. The van der Waals surface area contributed by atoms with Gasteiger partial charge in [-0.3, -0.25) is 19.2 Å². The normalized spacial score (nSPS) is 15.4. The summed E-state index contributed by atoms with van der Waals surface area (Å²) in [5, 5.41) is 25.8. The van der Waals surface area contributed by atoms with Crippen molar-refractivity contribution in [2.24, 2.45) is 23.1 Å². The van der Waals surface area contributed by atoms with Gasteiger partial charge < -0.3 is 43.4 Å². The smallest absolute Gasteiger partial charge is 0.326 e. The number of aliphatic hydroxyl groups is 1. The van der Waals surface area contributed by atoms with Crippen LogP contribution in [0.4, 0.5) is 0 Å². The van der Waals surface area contributed by atoms with Crippen molar-refractivity contribution in [1.29, 1.82) is 0 Å². The molecule has 0 heterocycles. The number of aliphatic hydroxyl groups excluding tert-OH is 1. The topological polar surface area (TPSA) is 240 Å². The zero-order chi connectivity index (χ0) is 25.6. The van der Waals surface area contributed by atoms with Crippen molar-refractivity contribution in [3.8, 4) is 0 Å². The maximum Gasteiger partial charge on any atom is 0.326 e. The van der Waals surface area contributed by atoms with E-state index in [4.69, 9.17) is 22.3 Å². The number of hydrogen-bond acceptors (Lipinski definition) is 8. The molecule has 0 fully saturated rings. The summed E-state index contributed by atoms with van der Waals surface area (Å²) in [4.78, 5) is 60.5. The van der Waals surface area contributed by atoms with Crippen molar-refractivity contribution in [3.63, 3.8) is 0 Å². The van der Waals surface area contributed by atoms with Crippen molar-refractivity contribution in [1.82, 2.24) is 16.0 Å². The summed E-state index contributed by atoms with van der Waals surface area (Å²) in [6.45, 7) is 3.17. The SMILES string of the molecule is CCC(C)C(NC(=O)C(CCC(N)=O)NC(=O)C(CCCCN)NC(=O)C(N)CO)C(=O)O. The Morgan fingerprint density at radius 1 is 0.909 bits per heavy atom. The molecule has 0 aromatic heterocycles. The highest BCUT2D eigenvalue weighted by Crippen LogP contribution is 2.10. The van der Waals surface area contributed by atoms with Gasteiger partial charge in [0, 0.05) is 6.42 Å². The Hall–Kier alpha value is -2.77. The Morgan fingerprint density at radius 3 is 1.94 bits per heavy atom. The Kier molecular flexibility index (Phi) is 14.6. The van der Waals surface area contributed by atoms with Crippen LogP contribution < -0.4 is 33.2 Å². The van der Waals surface area contributed by atoms with E-state index in [2.05, 4.69) is 16.0 Å². The standard InChI is InChI=1S/C20H38N6O7/c1-3-11(2)16(20(32)33)26-19(31)14(7-8-15(23)28)25-18(30)13(6-4-5-9-21)24-17(29)12(22)10-27/h11-14,16,27H,3-10,21-22H2,1-2H3,(H2,23,28)(H,24,29)(H,25,30)(H,26,31)(H,32,33). The van der Waals surface area contributed by atoms with Crippen LogP contribution in [0, 0.1) is 5.92 Å². The fourth-order valence-corrected chi connectivity index (χ4v) is 2.89. The van der Waals surface area contributed by atoms with E-state index in [9.17, 15) is 29.1 Å². The third kappa shape index (κ3) is 11.6. The van der Waals surface area contributed by atoms with Crippen LogP contribution in [0.2, 0.25) is 0 Å². The molecular formula is C20H38N6O7. The van der Waals surface area contributed by atoms with Crippen LogP contribution in [-0.2, 0) is 24.0 Å². The highest BCUT2D eigenvalue weighted by atomic mass is 16.4. The van der Waals surface area contributed by atoms with Gasteiger partial charge in [0.2, 0.25) is 23.6 Å². The van der Waals surface area contributed by atoms with E-state index in [0.717, 1.165) is 0 Å². The van der Waals surface area contributed by atoms with Crippen molar-refractivity contribution in [2.75, 3.05) is 13.2 Å². The van der Waals surface area contributed by atoms with E-state index in [1.807, 2.05) is 0 Å². The van der Waals surface area contributed by atoms with Gasteiger partial charge in [0.05, 0.1) is 6.61 Å². The number of nitrogens with one attached hydrogen (secondary N) is 3. The first kappa shape index (κ1) is 30.2. The monoisotopic (exact) mass is 474 g/mol. The second-order valence-electron chi connectivity index (χ2n) is 7.91. The lowest BCUT2D eigenvalue weighted by Crippen LogP contribution is -2.58. The lowest BCUT2D eigenvalue weighted by Gasteiger charge is -2.26. The van der Waals surface area contributed by atoms with Gasteiger partial charge in [-0.2, -0.15) is 0 Å². The van der Waals surface area contributed by atoms with Gasteiger partial charge in [-0.25, -0.2) is 4.79 Å². The summed E-state index contributed by atoms with van der Waals surface area (Å²) in [5.41, 5.74) is 16.1. The number of amides is 4. The minimum absolute atomic E-state index is 0.167. The molecule has 5 atom stereocenters. The van der Waals surface area contributed by atoms with Gasteiger partial charge in [0.1, 0.15) is 24.2 Å². The molecule has 0 aliphatic heterocycles. The molecule has 0 aromatic carbocycles. The first-order chi connectivity index (χ1) is 15.5. The highest BCUT2D eigenvalue weighted by molar-refractivity contribution is 5.94. The van der Waals surface area contributed by atoms with Crippen molar-refractivity contribution in [3.05, 3.63) is 0 Å². The molecular weight excluding hydrogens is 436 g/mol. The van der Waals surface area contributed by atoms with E-state index in [1.165, 1.54) is 0 Å². The van der Waals surface area contributed by atoms with Crippen LogP contribution in [0.25, 0.3) is 0 Å². The number of hydrogen-bond donors (Lipinski definition) is 8. The van der Waals surface area contributed by atoms with Gasteiger partial charge in [-0.15, -0.1) is 0 Å². The molecule has 0 rings (SSSR count). The van der Waals surface area contributed by atoms with Crippen molar-refractivity contribution in [2.45, 2.75) is 76.5 Å². The maximum atomic E-state index is 12.9. The molecule has 11 N–H and O–H groups in total. The molecule has 0 saturated carbocycles. The number of carbonyl (C=O) groups excluding carboxylic acids is 4. The molecule has 0 spiro atoms. The summed E-state index contributed by atoms with van der Waals surface area (Å²) < 4.78 is 0. The molecule has 33 heavy (non-hydrogen) atoms. The molecule has 0 aliphatic carbocycles. The van der Waals surface area contributed by atoms with Crippen LogP contribution in [-0.4, -0.2) is 77.1 Å². The van der Waals surface area contributed by atoms with Gasteiger partial charge >= 0.3 is 5.97 Å². The van der Waals surface area contributed by atoms with Crippen LogP contribution in [0.5, 0.6) is 0 Å². The maximum absolute atomic E-state index is 12.9. The number of carbonyl (C=O) groups is 5. The molecule has 0 aromatic rings. The molecule has 13 nitrogen and oxygen atoms in total. The number of carboxylic acids is 1. The molecule has 190 valence electrons. The average Bonchev–Trinajstić information content (AvgIpc) is 2.77. The third-order valence-electron chi connectivity index (χ3n) is 5.20. The number of aliphatic carboxylic acids is 1. The molecule has 0 aliphatic rings. The first-order valence-corrected chi connectivity index (χ1v) is 11.0. The zero-order valence-corrected chi connectivity index (χ0v) is 19.2.